The highest BCUT2D eigenvalue weighted by Crippen LogP contribution is 2.35. The Morgan fingerprint density at radius 3 is 2.30 bits per heavy atom. The lowest BCUT2D eigenvalue weighted by Gasteiger charge is -2.35. The molecule has 12 heteroatoms. The van der Waals surface area contributed by atoms with E-state index in [4.69, 9.17) is 20.5 Å². The van der Waals surface area contributed by atoms with Crippen LogP contribution in [0.25, 0.3) is 0 Å². The summed E-state index contributed by atoms with van der Waals surface area (Å²) in [6.07, 6.45) is 13.6. The number of aromatic nitrogens is 2. The summed E-state index contributed by atoms with van der Waals surface area (Å²) in [5, 5.41) is 10.9. The van der Waals surface area contributed by atoms with E-state index in [-0.39, 0.29) is 6.16 Å². The topological polar surface area (TPSA) is 152 Å². The van der Waals surface area contributed by atoms with Gasteiger partial charge in [0.25, 0.3) is 0 Å². The third-order valence-electron chi connectivity index (χ3n) is 8.87. The van der Waals surface area contributed by atoms with E-state index >= 15 is 0 Å². The first-order chi connectivity index (χ1) is 19.3. The van der Waals surface area contributed by atoms with Gasteiger partial charge in [0.15, 0.2) is 0 Å². The van der Waals surface area contributed by atoms with Gasteiger partial charge in [-0.05, 0) is 89.4 Å². The third kappa shape index (κ3) is 11.4. The van der Waals surface area contributed by atoms with Crippen molar-refractivity contribution >= 4 is 25.2 Å². The van der Waals surface area contributed by atoms with E-state index in [1.54, 1.807) is 0 Å². The van der Waals surface area contributed by atoms with Crippen molar-refractivity contribution in [1.82, 2.24) is 25.5 Å². The maximum Gasteiger partial charge on any atom is 0.325 e. The molecule has 0 radical (unpaired) electrons. The lowest BCUT2D eigenvalue weighted by Crippen LogP contribution is -2.47. The molecule has 228 valence electrons. The van der Waals surface area contributed by atoms with Crippen LogP contribution in [0.15, 0.2) is 6.07 Å². The summed E-state index contributed by atoms with van der Waals surface area (Å²) in [7, 11) is -3.92. The maximum absolute atomic E-state index is 11.1. The van der Waals surface area contributed by atoms with Crippen LogP contribution in [0.5, 0.6) is 0 Å². The largest absolute Gasteiger partial charge is 0.383 e. The Labute approximate surface area is 240 Å². The van der Waals surface area contributed by atoms with Gasteiger partial charge in [0.2, 0.25) is 5.95 Å². The molecule has 7 N–H and O–H groups in total. The van der Waals surface area contributed by atoms with Crippen LogP contribution in [0, 0.1) is 11.8 Å². The van der Waals surface area contributed by atoms with E-state index in [1.807, 2.05) is 6.07 Å². The second kappa shape index (κ2) is 16.2. The highest BCUT2D eigenvalue weighted by Gasteiger charge is 2.23. The van der Waals surface area contributed by atoms with Crippen LogP contribution in [-0.4, -0.2) is 95.8 Å². The predicted octanol–water partition coefficient (Wildman–Crippen LogP) is 2.87. The summed E-state index contributed by atoms with van der Waals surface area (Å²) in [4.78, 5) is 31.8. The Morgan fingerprint density at radius 1 is 0.900 bits per heavy atom. The van der Waals surface area contributed by atoms with Gasteiger partial charge in [0, 0.05) is 44.8 Å². The molecule has 1 aromatic heterocycles. The fraction of sp³-hybridized carbons (Fsp3) is 0.857. The minimum atomic E-state index is -3.92. The zero-order valence-corrected chi connectivity index (χ0v) is 25.2. The summed E-state index contributed by atoms with van der Waals surface area (Å²) in [6, 6.07) is 2.60. The summed E-state index contributed by atoms with van der Waals surface area (Å²) in [6.45, 7) is 8.26. The van der Waals surface area contributed by atoms with Gasteiger partial charge in [-0.15, -0.1) is 0 Å². The average molecular weight is 581 g/mol. The van der Waals surface area contributed by atoms with Crippen LogP contribution in [0.2, 0.25) is 0 Å². The number of hydrogen-bond acceptors (Lipinski definition) is 9. The summed E-state index contributed by atoms with van der Waals surface area (Å²) >= 11 is 0. The third-order valence-corrected chi connectivity index (χ3v) is 9.77. The number of nitrogen functional groups attached to an aromatic ring is 1. The van der Waals surface area contributed by atoms with Crippen LogP contribution in [0.4, 0.5) is 17.6 Å². The van der Waals surface area contributed by atoms with Crippen molar-refractivity contribution in [3.8, 4) is 0 Å². The molecule has 1 saturated heterocycles. The van der Waals surface area contributed by atoms with E-state index in [0.717, 1.165) is 70.1 Å². The van der Waals surface area contributed by atoms with Crippen molar-refractivity contribution in [2.45, 2.75) is 76.7 Å². The van der Waals surface area contributed by atoms with Crippen molar-refractivity contribution in [2.75, 3.05) is 81.0 Å². The van der Waals surface area contributed by atoms with Gasteiger partial charge in [0.05, 0.1) is 6.16 Å². The molecule has 0 unspecified atom stereocenters. The number of piperazine rings is 1. The molecule has 0 bridgehead atoms. The zero-order chi connectivity index (χ0) is 28.2. The van der Waals surface area contributed by atoms with Crippen LogP contribution in [0.1, 0.15) is 70.6 Å². The molecular formula is C28H53N8O3P. The monoisotopic (exact) mass is 580 g/mol. The van der Waals surface area contributed by atoms with E-state index in [9.17, 15) is 4.57 Å². The Bertz CT molecular complexity index is 913. The van der Waals surface area contributed by atoms with Crippen molar-refractivity contribution in [1.29, 1.82) is 0 Å². The van der Waals surface area contributed by atoms with Gasteiger partial charge in [-0.25, -0.2) is 0 Å². The zero-order valence-electron chi connectivity index (χ0n) is 24.3. The Balaban J connectivity index is 1.08. The SMILES string of the molecule is Nc1cc(N2CCN(CCCP(=O)(O)O)CC2)nc(NC[C@H]2CC[C@H](CNCCCNC3CCCCC3)CC2)n1. The molecule has 0 aromatic carbocycles. The maximum atomic E-state index is 11.1. The molecule has 2 saturated carbocycles. The molecular weight excluding hydrogens is 527 g/mol. The normalized spacial score (nSPS) is 23.4. The molecule has 1 aliphatic heterocycles. The van der Waals surface area contributed by atoms with Gasteiger partial charge in [-0.2, -0.15) is 9.97 Å². The number of nitrogens with one attached hydrogen (secondary N) is 3. The molecule has 0 amide bonds. The average Bonchev–Trinajstić information content (AvgIpc) is 2.94. The minimum Gasteiger partial charge on any atom is -0.383 e. The first-order valence-electron chi connectivity index (χ1n) is 15.7. The fourth-order valence-electron chi connectivity index (χ4n) is 6.40. The molecule has 2 aliphatic carbocycles. The first kappa shape index (κ1) is 31.4. The van der Waals surface area contributed by atoms with E-state index < -0.39 is 7.60 Å². The molecule has 0 atom stereocenters. The molecule has 0 spiro atoms. The van der Waals surface area contributed by atoms with Crippen LogP contribution < -0.4 is 26.6 Å². The van der Waals surface area contributed by atoms with E-state index in [0.29, 0.717) is 30.6 Å². The van der Waals surface area contributed by atoms with Crippen molar-refractivity contribution in [3.05, 3.63) is 6.07 Å². The lowest BCUT2D eigenvalue weighted by molar-refractivity contribution is 0.256. The Hall–Kier alpha value is -1.49. The van der Waals surface area contributed by atoms with Crippen LogP contribution in [0.3, 0.4) is 0 Å². The quantitative estimate of drug-likeness (QED) is 0.134. The second-order valence-electron chi connectivity index (χ2n) is 12.2. The minimum absolute atomic E-state index is 0.0541. The van der Waals surface area contributed by atoms with Gasteiger partial charge in [-0.1, -0.05) is 19.3 Å². The number of anilines is 3. The number of nitrogens with zero attached hydrogens (tertiary/aromatic N) is 4. The van der Waals surface area contributed by atoms with Crippen molar-refractivity contribution in [3.63, 3.8) is 0 Å². The lowest BCUT2D eigenvalue weighted by atomic mass is 9.82. The summed E-state index contributed by atoms with van der Waals surface area (Å²) in [5.74, 6) is 3.34. The predicted molar refractivity (Wildman–Crippen MR) is 163 cm³/mol. The number of rotatable bonds is 15. The smallest absolute Gasteiger partial charge is 0.325 e. The second-order valence-corrected chi connectivity index (χ2v) is 13.9. The van der Waals surface area contributed by atoms with Gasteiger partial charge < -0.3 is 36.4 Å². The molecule has 4 rings (SSSR count). The van der Waals surface area contributed by atoms with Crippen molar-refractivity contribution < 1.29 is 14.4 Å². The van der Waals surface area contributed by atoms with Gasteiger partial charge >= 0.3 is 7.60 Å². The number of nitrogens with two attached hydrogens (primary N) is 1. The first-order valence-corrected chi connectivity index (χ1v) is 17.5. The molecule has 40 heavy (non-hydrogen) atoms. The molecule has 3 aliphatic rings. The van der Waals surface area contributed by atoms with Crippen LogP contribution in [-0.2, 0) is 4.57 Å². The summed E-state index contributed by atoms with van der Waals surface area (Å²) in [5.41, 5.74) is 6.13. The highest BCUT2D eigenvalue weighted by molar-refractivity contribution is 7.51. The highest BCUT2D eigenvalue weighted by atomic mass is 31.2. The van der Waals surface area contributed by atoms with Crippen LogP contribution >= 0.6 is 7.60 Å². The Kier molecular flexibility index (Phi) is 12.8. The molecule has 11 nitrogen and oxygen atoms in total. The molecule has 3 fully saturated rings. The van der Waals surface area contributed by atoms with E-state index in [2.05, 4.69) is 30.7 Å². The molecule has 1 aromatic rings. The molecule has 2 heterocycles. The van der Waals surface area contributed by atoms with Gasteiger partial charge in [-0.3, -0.25) is 9.46 Å². The van der Waals surface area contributed by atoms with Crippen molar-refractivity contribution in [2.24, 2.45) is 11.8 Å². The standard InChI is InChI=1S/C28H53N8O3P/c29-26-20-27(36-17-15-35(16-18-36)14-5-19-40(37,38)39)34-28(33-26)32-22-24-10-8-23(9-11-24)21-30-12-4-13-31-25-6-2-1-3-7-25/h20,23-25,30-31H,1-19,21-22H2,(H2,37,38,39)(H3,29,32,33,34)/t23-,24-. The summed E-state index contributed by atoms with van der Waals surface area (Å²) < 4.78 is 11.1. The van der Waals surface area contributed by atoms with E-state index in [1.165, 1.54) is 64.2 Å². The Morgan fingerprint density at radius 2 is 1.60 bits per heavy atom. The van der Waals surface area contributed by atoms with Gasteiger partial charge in [0.1, 0.15) is 11.6 Å². The number of hydrogen-bond donors (Lipinski definition) is 6. The fourth-order valence-corrected chi connectivity index (χ4v) is 6.96.